The van der Waals surface area contributed by atoms with Gasteiger partial charge in [0.05, 0.1) is 0 Å². The molecule has 0 aliphatic rings. The van der Waals surface area contributed by atoms with E-state index in [1.54, 1.807) is 19.1 Å². The number of thioether (sulfide) groups is 1. The molecule has 1 aromatic heterocycles. The molecule has 1 aromatic rings. The Hall–Kier alpha value is -0.910. The Morgan fingerprint density at radius 1 is 1.47 bits per heavy atom. The fourth-order valence-corrected chi connectivity index (χ4v) is 1.69. The lowest BCUT2D eigenvalue weighted by molar-refractivity contribution is -0.123. The maximum absolute atomic E-state index is 12.5. The van der Waals surface area contributed by atoms with Gasteiger partial charge < -0.3 is 5.32 Å². The topological polar surface area (TPSA) is 24.9 Å². The van der Waals surface area contributed by atoms with Crippen LogP contribution in [0.5, 0.6) is 0 Å². The van der Waals surface area contributed by atoms with Gasteiger partial charge in [0, 0.05) is 6.20 Å². The molecule has 2 nitrogen and oxygen atoms in total. The van der Waals surface area contributed by atoms with Crippen molar-refractivity contribution >= 4 is 17.6 Å². The summed E-state index contributed by atoms with van der Waals surface area (Å²) in [7, 11) is 0. The molecule has 0 aliphatic heterocycles. The maximum Gasteiger partial charge on any atom is 0.418 e. The standard InChI is InChI=1S/C9H11F3N2S/c1-2-15-8(9(10,11)12)14-7-5-3-4-6-13-7/h3-6,8H,2H2,1H3,(H,13,14). The third-order valence-electron chi connectivity index (χ3n) is 1.57. The van der Waals surface area contributed by atoms with Gasteiger partial charge in [0.1, 0.15) is 5.82 Å². The molecule has 0 radical (unpaired) electrons. The van der Waals surface area contributed by atoms with Gasteiger partial charge in [-0.3, -0.25) is 0 Å². The number of anilines is 1. The van der Waals surface area contributed by atoms with Crippen molar-refractivity contribution in [3.05, 3.63) is 24.4 Å². The molecule has 84 valence electrons. The Labute approximate surface area is 90.3 Å². The normalized spacial score (nSPS) is 13.6. The van der Waals surface area contributed by atoms with E-state index >= 15 is 0 Å². The summed E-state index contributed by atoms with van der Waals surface area (Å²) in [5.41, 5.74) is 0. The quantitative estimate of drug-likeness (QED) is 0.813. The third kappa shape index (κ3) is 3.99. The molecule has 1 rings (SSSR count). The first-order valence-corrected chi connectivity index (χ1v) is 5.45. The van der Waals surface area contributed by atoms with Crippen LogP contribution in [0.3, 0.4) is 0 Å². The van der Waals surface area contributed by atoms with Crippen LogP contribution >= 0.6 is 11.8 Å². The number of aromatic nitrogens is 1. The zero-order valence-corrected chi connectivity index (χ0v) is 8.90. The lowest BCUT2D eigenvalue weighted by atomic mass is 10.4. The Bertz CT molecular complexity index is 289. The van der Waals surface area contributed by atoms with Gasteiger partial charge in [-0.15, -0.1) is 11.8 Å². The Morgan fingerprint density at radius 3 is 2.67 bits per heavy atom. The summed E-state index contributed by atoms with van der Waals surface area (Å²) in [5, 5.41) is 0.747. The first-order valence-electron chi connectivity index (χ1n) is 4.40. The number of pyridine rings is 1. The van der Waals surface area contributed by atoms with Crippen molar-refractivity contribution in [2.45, 2.75) is 18.5 Å². The minimum absolute atomic E-state index is 0.237. The molecule has 15 heavy (non-hydrogen) atoms. The van der Waals surface area contributed by atoms with Gasteiger partial charge in [0.25, 0.3) is 0 Å². The summed E-state index contributed by atoms with van der Waals surface area (Å²) >= 11 is 0.802. The first-order chi connectivity index (χ1) is 7.04. The zero-order valence-electron chi connectivity index (χ0n) is 8.08. The van der Waals surface area contributed by atoms with Crippen LogP contribution in [0.4, 0.5) is 19.0 Å². The highest BCUT2D eigenvalue weighted by atomic mass is 32.2. The Morgan fingerprint density at radius 2 is 2.20 bits per heavy atom. The molecule has 1 heterocycles. The SMILES string of the molecule is CCSC(Nc1ccccn1)C(F)(F)F. The summed E-state index contributed by atoms with van der Waals surface area (Å²) < 4.78 is 37.4. The largest absolute Gasteiger partial charge is 0.418 e. The lowest BCUT2D eigenvalue weighted by Crippen LogP contribution is -2.33. The molecule has 0 aromatic carbocycles. The number of rotatable bonds is 4. The average Bonchev–Trinajstić information content (AvgIpc) is 2.17. The van der Waals surface area contributed by atoms with Gasteiger partial charge in [-0.25, -0.2) is 4.98 Å². The second-order valence-electron chi connectivity index (χ2n) is 2.74. The van der Waals surface area contributed by atoms with Gasteiger partial charge in [-0.05, 0) is 17.9 Å². The van der Waals surface area contributed by atoms with E-state index in [1.165, 1.54) is 12.3 Å². The number of alkyl halides is 3. The van der Waals surface area contributed by atoms with Gasteiger partial charge in [0.2, 0.25) is 0 Å². The first kappa shape index (κ1) is 12.2. The highest BCUT2D eigenvalue weighted by molar-refractivity contribution is 8.00. The van der Waals surface area contributed by atoms with E-state index in [0.29, 0.717) is 5.75 Å². The predicted molar refractivity (Wildman–Crippen MR) is 55.8 cm³/mol. The highest BCUT2D eigenvalue weighted by Crippen LogP contribution is 2.30. The van der Waals surface area contributed by atoms with Crippen molar-refractivity contribution in [3.63, 3.8) is 0 Å². The Kier molecular flexibility index (Phi) is 4.26. The van der Waals surface area contributed by atoms with Crippen LogP contribution in [-0.2, 0) is 0 Å². The lowest BCUT2D eigenvalue weighted by Gasteiger charge is -2.20. The van der Waals surface area contributed by atoms with Crippen molar-refractivity contribution in [2.24, 2.45) is 0 Å². The Balaban J connectivity index is 2.67. The highest BCUT2D eigenvalue weighted by Gasteiger charge is 2.39. The fraction of sp³-hybridized carbons (Fsp3) is 0.444. The fourth-order valence-electron chi connectivity index (χ4n) is 0.967. The van der Waals surface area contributed by atoms with Crippen molar-refractivity contribution in [3.8, 4) is 0 Å². The van der Waals surface area contributed by atoms with Gasteiger partial charge in [-0.2, -0.15) is 13.2 Å². The molecule has 0 saturated heterocycles. The summed E-state index contributed by atoms with van der Waals surface area (Å²) in [4.78, 5) is 3.79. The molecule has 0 aliphatic carbocycles. The van der Waals surface area contributed by atoms with E-state index in [-0.39, 0.29) is 5.82 Å². The van der Waals surface area contributed by atoms with Crippen LogP contribution in [0.25, 0.3) is 0 Å². The van der Waals surface area contributed by atoms with E-state index in [9.17, 15) is 13.2 Å². The zero-order chi connectivity index (χ0) is 11.3. The summed E-state index contributed by atoms with van der Waals surface area (Å²) in [6, 6.07) is 4.80. The van der Waals surface area contributed by atoms with Gasteiger partial charge in [-0.1, -0.05) is 13.0 Å². The molecule has 0 bridgehead atoms. The predicted octanol–water partition coefficient (Wildman–Crippen LogP) is 3.14. The molecule has 0 fully saturated rings. The van der Waals surface area contributed by atoms with Crippen LogP contribution in [-0.4, -0.2) is 22.3 Å². The van der Waals surface area contributed by atoms with Crippen LogP contribution < -0.4 is 5.32 Å². The monoisotopic (exact) mass is 236 g/mol. The maximum atomic E-state index is 12.5. The van der Waals surface area contributed by atoms with E-state index < -0.39 is 11.6 Å². The van der Waals surface area contributed by atoms with E-state index in [4.69, 9.17) is 0 Å². The van der Waals surface area contributed by atoms with Crippen molar-refractivity contribution in [1.82, 2.24) is 4.98 Å². The number of halogens is 3. The second kappa shape index (κ2) is 5.25. The van der Waals surface area contributed by atoms with Crippen molar-refractivity contribution < 1.29 is 13.2 Å². The molecular weight excluding hydrogens is 225 g/mol. The third-order valence-corrected chi connectivity index (χ3v) is 2.63. The van der Waals surface area contributed by atoms with Crippen molar-refractivity contribution in [2.75, 3.05) is 11.1 Å². The number of hydrogen-bond donors (Lipinski definition) is 1. The molecular formula is C9H11F3N2S. The molecule has 0 amide bonds. The summed E-state index contributed by atoms with van der Waals surface area (Å²) in [5.74, 6) is 0.630. The summed E-state index contributed by atoms with van der Waals surface area (Å²) in [6.45, 7) is 1.68. The number of nitrogens with zero attached hydrogens (tertiary/aromatic N) is 1. The van der Waals surface area contributed by atoms with E-state index in [2.05, 4.69) is 10.3 Å². The number of nitrogens with one attached hydrogen (secondary N) is 1. The van der Waals surface area contributed by atoms with Crippen molar-refractivity contribution in [1.29, 1.82) is 0 Å². The van der Waals surface area contributed by atoms with Crippen LogP contribution in [0, 0.1) is 0 Å². The van der Waals surface area contributed by atoms with Gasteiger partial charge in [0.15, 0.2) is 5.37 Å². The summed E-state index contributed by atoms with van der Waals surface area (Å²) in [6.07, 6.45) is -2.81. The van der Waals surface area contributed by atoms with E-state index in [0.717, 1.165) is 11.8 Å². The smallest absolute Gasteiger partial charge is 0.351 e. The molecule has 0 spiro atoms. The molecule has 1 N–H and O–H groups in total. The minimum atomic E-state index is -4.27. The van der Waals surface area contributed by atoms with Gasteiger partial charge >= 0.3 is 6.18 Å². The molecule has 1 atom stereocenters. The molecule has 6 heteroatoms. The van der Waals surface area contributed by atoms with E-state index in [1.807, 2.05) is 0 Å². The average molecular weight is 236 g/mol. The molecule has 1 unspecified atom stereocenters. The minimum Gasteiger partial charge on any atom is -0.351 e. The van der Waals surface area contributed by atoms with Crippen LogP contribution in [0.1, 0.15) is 6.92 Å². The second-order valence-corrected chi connectivity index (χ2v) is 4.12. The van der Waals surface area contributed by atoms with Crippen LogP contribution in [0.2, 0.25) is 0 Å². The number of hydrogen-bond acceptors (Lipinski definition) is 3. The van der Waals surface area contributed by atoms with Crippen LogP contribution in [0.15, 0.2) is 24.4 Å². The molecule has 0 saturated carbocycles.